The van der Waals surface area contributed by atoms with Crippen LogP contribution in [0.4, 0.5) is 0 Å². The number of hydrogen-bond donors (Lipinski definition) is 0. The van der Waals surface area contributed by atoms with E-state index in [-0.39, 0.29) is 12.0 Å². The molecule has 2 aromatic rings. The molecule has 1 aliphatic heterocycles. The molecule has 0 spiro atoms. The standard InChI is InChI=1S/C18H25N3O3S/c1-4-20-12-16(11-19-20)18-13-21(8-9-24-18)25(22,23)17-7-5-6-15(10-17)14(2)3/h5-7,10-12,14,18H,4,8-9,13H2,1-3H3/t18-/m1/s1. The molecular formula is C18H25N3O3S. The van der Waals surface area contributed by atoms with Crippen LogP contribution in [0.25, 0.3) is 0 Å². The highest BCUT2D eigenvalue weighted by atomic mass is 32.2. The fraction of sp³-hybridized carbons (Fsp3) is 0.500. The van der Waals surface area contributed by atoms with Crippen molar-refractivity contribution in [1.82, 2.24) is 14.1 Å². The van der Waals surface area contributed by atoms with Gasteiger partial charge in [-0.25, -0.2) is 8.42 Å². The maximum Gasteiger partial charge on any atom is 0.243 e. The number of aromatic nitrogens is 2. The first kappa shape index (κ1) is 18.1. The number of rotatable bonds is 5. The third-order valence-corrected chi connectivity index (χ3v) is 6.40. The Morgan fingerprint density at radius 2 is 2.16 bits per heavy atom. The normalized spacial score (nSPS) is 19.4. The number of morpholine rings is 1. The van der Waals surface area contributed by atoms with Crippen molar-refractivity contribution in [3.63, 3.8) is 0 Å². The number of hydrogen-bond acceptors (Lipinski definition) is 4. The summed E-state index contributed by atoms with van der Waals surface area (Å²) in [6.07, 6.45) is 3.39. The molecule has 7 heteroatoms. The molecule has 1 atom stereocenters. The van der Waals surface area contributed by atoms with E-state index in [2.05, 4.69) is 18.9 Å². The molecule has 1 aliphatic rings. The first-order valence-corrected chi connectivity index (χ1v) is 10.1. The fourth-order valence-corrected chi connectivity index (χ4v) is 4.43. The predicted molar refractivity (Wildman–Crippen MR) is 95.9 cm³/mol. The molecular weight excluding hydrogens is 338 g/mol. The van der Waals surface area contributed by atoms with Gasteiger partial charge in [-0.05, 0) is 30.5 Å². The van der Waals surface area contributed by atoms with Crippen molar-refractivity contribution in [3.05, 3.63) is 47.8 Å². The van der Waals surface area contributed by atoms with E-state index in [1.165, 1.54) is 4.31 Å². The van der Waals surface area contributed by atoms with Crippen molar-refractivity contribution in [2.45, 2.75) is 44.2 Å². The van der Waals surface area contributed by atoms with Gasteiger partial charge in [0.2, 0.25) is 10.0 Å². The average molecular weight is 363 g/mol. The van der Waals surface area contributed by atoms with Gasteiger partial charge in [0, 0.05) is 31.4 Å². The molecule has 0 radical (unpaired) electrons. The lowest BCUT2D eigenvalue weighted by molar-refractivity contribution is -0.00260. The van der Waals surface area contributed by atoms with Crippen LogP contribution < -0.4 is 0 Å². The monoisotopic (exact) mass is 363 g/mol. The third kappa shape index (κ3) is 3.78. The Kier molecular flexibility index (Phi) is 5.27. The van der Waals surface area contributed by atoms with Crippen molar-refractivity contribution >= 4 is 10.0 Å². The number of aryl methyl sites for hydroxylation is 1. The van der Waals surface area contributed by atoms with Crippen molar-refractivity contribution in [2.24, 2.45) is 0 Å². The van der Waals surface area contributed by atoms with Crippen LogP contribution in [0.3, 0.4) is 0 Å². The molecule has 0 unspecified atom stereocenters. The molecule has 6 nitrogen and oxygen atoms in total. The Balaban J connectivity index is 1.83. The molecule has 0 aliphatic carbocycles. The van der Waals surface area contributed by atoms with E-state index in [4.69, 9.17) is 4.74 Å². The Hall–Kier alpha value is -1.70. The summed E-state index contributed by atoms with van der Waals surface area (Å²) in [5.74, 6) is 0.285. The van der Waals surface area contributed by atoms with Gasteiger partial charge in [0.15, 0.2) is 0 Å². The largest absolute Gasteiger partial charge is 0.371 e. The zero-order valence-corrected chi connectivity index (χ0v) is 15.7. The van der Waals surface area contributed by atoms with Gasteiger partial charge < -0.3 is 4.74 Å². The lowest BCUT2D eigenvalue weighted by atomic mass is 10.0. The summed E-state index contributed by atoms with van der Waals surface area (Å²) in [6.45, 7) is 7.96. The number of nitrogens with zero attached hydrogens (tertiary/aromatic N) is 3. The summed E-state index contributed by atoms with van der Waals surface area (Å²) in [7, 11) is -3.53. The van der Waals surface area contributed by atoms with Crippen LogP contribution in [-0.2, 0) is 21.3 Å². The van der Waals surface area contributed by atoms with Gasteiger partial charge >= 0.3 is 0 Å². The van der Waals surface area contributed by atoms with E-state index in [9.17, 15) is 8.42 Å². The maximum atomic E-state index is 13.0. The van der Waals surface area contributed by atoms with E-state index in [0.717, 1.165) is 17.7 Å². The molecule has 0 amide bonds. The summed E-state index contributed by atoms with van der Waals surface area (Å²) >= 11 is 0. The van der Waals surface area contributed by atoms with E-state index < -0.39 is 10.0 Å². The van der Waals surface area contributed by atoms with Crippen molar-refractivity contribution in [1.29, 1.82) is 0 Å². The molecule has 0 saturated carbocycles. The van der Waals surface area contributed by atoms with E-state index in [0.29, 0.717) is 24.6 Å². The first-order chi connectivity index (χ1) is 11.9. The van der Waals surface area contributed by atoms with Crippen LogP contribution >= 0.6 is 0 Å². The Bertz CT molecular complexity index is 830. The summed E-state index contributed by atoms with van der Waals surface area (Å²) in [6, 6.07) is 7.22. The van der Waals surface area contributed by atoms with Crippen molar-refractivity contribution in [3.8, 4) is 0 Å². The summed E-state index contributed by atoms with van der Waals surface area (Å²) < 4.78 is 35.2. The highest BCUT2D eigenvalue weighted by Gasteiger charge is 2.32. The SMILES string of the molecule is CCn1cc([C@H]2CN(S(=O)(=O)c3cccc(C(C)C)c3)CCO2)cn1. The van der Waals surface area contributed by atoms with E-state index in [1.807, 2.05) is 29.9 Å². The highest BCUT2D eigenvalue weighted by Crippen LogP contribution is 2.27. The Labute approximate surface area is 149 Å². The second-order valence-electron chi connectivity index (χ2n) is 6.58. The average Bonchev–Trinajstić information content (AvgIpc) is 3.11. The molecule has 0 N–H and O–H groups in total. The fourth-order valence-electron chi connectivity index (χ4n) is 2.95. The molecule has 3 rings (SSSR count). The Morgan fingerprint density at radius 1 is 1.36 bits per heavy atom. The molecule has 1 aromatic carbocycles. The van der Waals surface area contributed by atoms with Gasteiger partial charge in [-0.1, -0.05) is 26.0 Å². The topological polar surface area (TPSA) is 64.4 Å². The minimum atomic E-state index is -3.53. The van der Waals surface area contributed by atoms with Crippen molar-refractivity contribution < 1.29 is 13.2 Å². The zero-order valence-electron chi connectivity index (χ0n) is 14.9. The zero-order chi connectivity index (χ0) is 18.0. The first-order valence-electron chi connectivity index (χ1n) is 8.66. The van der Waals surface area contributed by atoms with Gasteiger partial charge in [0.25, 0.3) is 0 Å². The third-order valence-electron chi connectivity index (χ3n) is 4.54. The number of ether oxygens (including phenoxy) is 1. The van der Waals surface area contributed by atoms with E-state index in [1.54, 1.807) is 18.3 Å². The van der Waals surface area contributed by atoms with Gasteiger partial charge in [0.05, 0.1) is 23.8 Å². The van der Waals surface area contributed by atoms with Crippen LogP contribution in [0.2, 0.25) is 0 Å². The number of sulfonamides is 1. The van der Waals surface area contributed by atoms with Gasteiger partial charge in [-0.2, -0.15) is 9.40 Å². The lowest BCUT2D eigenvalue weighted by Gasteiger charge is -2.31. The predicted octanol–water partition coefficient (Wildman–Crippen LogP) is 2.79. The minimum Gasteiger partial charge on any atom is -0.371 e. The molecule has 1 aromatic heterocycles. The van der Waals surface area contributed by atoms with Crippen LogP contribution in [0, 0.1) is 0 Å². The van der Waals surface area contributed by atoms with Gasteiger partial charge in [0.1, 0.15) is 0 Å². The van der Waals surface area contributed by atoms with Crippen LogP contribution in [0.1, 0.15) is 43.9 Å². The summed E-state index contributed by atoms with van der Waals surface area (Å²) in [5, 5.41) is 4.25. The smallest absolute Gasteiger partial charge is 0.243 e. The molecule has 0 bridgehead atoms. The van der Waals surface area contributed by atoms with Gasteiger partial charge in [-0.3, -0.25) is 4.68 Å². The maximum absolute atomic E-state index is 13.0. The molecule has 1 fully saturated rings. The quantitative estimate of drug-likeness (QED) is 0.819. The summed E-state index contributed by atoms with van der Waals surface area (Å²) in [5.41, 5.74) is 1.94. The number of benzene rings is 1. The second-order valence-corrected chi connectivity index (χ2v) is 8.52. The van der Waals surface area contributed by atoms with Crippen LogP contribution in [0.5, 0.6) is 0 Å². The summed E-state index contributed by atoms with van der Waals surface area (Å²) in [4.78, 5) is 0.351. The molecule has 25 heavy (non-hydrogen) atoms. The minimum absolute atomic E-state index is 0.280. The highest BCUT2D eigenvalue weighted by molar-refractivity contribution is 7.89. The van der Waals surface area contributed by atoms with Gasteiger partial charge in [-0.15, -0.1) is 0 Å². The lowest BCUT2D eigenvalue weighted by Crippen LogP contribution is -2.42. The molecule has 1 saturated heterocycles. The second kappa shape index (κ2) is 7.27. The molecule has 136 valence electrons. The van der Waals surface area contributed by atoms with Crippen LogP contribution in [-0.4, -0.2) is 42.2 Å². The van der Waals surface area contributed by atoms with Crippen molar-refractivity contribution in [2.75, 3.05) is 19.7 Å². The van der Waals surface area contributed by atoms with Crippen LogP contribution in [0.15, 0.2) is 41.6 Å². The molecule has 2 heterocycles. The Morgan fingerprint density at radius 3 is 2.84 bits per heavy atom. The van der Waals surface area contributed by atoms with E-state index >= 15 is 0 Å².